The van der Waals surface area contributed by atoms with Crippen molar-refractivity contribution in [3.63, 3.8) is 0 Å². The van der Waals surface area contributed by atoms with E-state index in [-0.39, 0.29) is 0 Å². The maximum Gasteiger partial charge on any atom is 0.0767 e. The van der Waals surface area contributed by atoms with Crippen LogP contribution in [0.15, 0.2) is 4.47 Å². The minimum atomic E-state index is 0.424. The highest BCUT2D eigenvalue weighted by Crippen LogP contribution is 2.34. The molecule has 1 aliphatic rings. The van der Waals surface area contributed by atoms with Crippen molar-refractivity contribution in [2.45, 2.75) is 47.1 Å². The first-order chi connectivity index (χ1) is 8.82. The molecule has 1 saturated heterocycles. The molecule has 0 bridgehead atoms. The van der Waals surface area contributed by atoms with Gasteiger partial charge in [0.1, 0.15) is 0 Å². The molecule has 0 spiro atoms. The van der Waals surface area contributed by atoms with E-state index in [1.807, 2.05) is 4.68 Å². The van der Waals surface area contributed by atoms with Crippen LogP contribution in [-0.4, -0.2) is 27.8 Å². The van der Waals surface area contributed by atoms with E-state index in [0.717, 1.165) is 18.9 Å². The normalized spacial score (nSPS) is 21.3. The van der Waals surface area contributed by atoms with E-state index in [2.05, 4.69) is 60.7 Å². The summed E-state index contributed by atoms with van der Waals surface area (Å²) in [5.74, 6) is 0.810. The number of likely N-dealkylation sites (tertiary alicyclic amines) is 1. The van der Waals surface area contributed by atoms with Crippen molar-refractivity contribution in [2.24, 2.45) is 18.4 Å². The Balaban J connectivity index is 2.05. The van der Waals surface area contributed by atoms with Crippen LogP contribution in [0.4, 0.5) is 0 Å². The Morgan fingerprint density at radius 2 is 2.05 bits per heavy atom. The number of nitrogens with zero attached hydrogens (tertiary/aromatic N) is 3. The highest BCUT2D eigenvalue weighted by molar-refractivity contribution is 9.10. The van der Waals surface area contributed by atoms with Crippen molar-refractivity contribution in [3.8, 4) is 0 Å². The molecule has 2 rings (SSSR count). The molecule has 0 saturated carbocycles. The molecule has 4 heteroatoms. The molecule has 1 aromatic heterocycles. The van der Waals surface area contributed by atoms with Gasteiger partial charge < -0.3 is 0 Å². The molecule has 19 heavy (non-hydrogen) atoms. The molecule has 2 heterocycles. The minimum absolute atomic E-state index is 0.424. The summed E-state index contributed by atoms with van der Waals surface area (Å²) >= 11 is 3.71. The van der Waals surface area contributed by atoms with Gasteiger partial charge in [-0.3, -0.25) is 9.58 Å². The van der Waals surface area contributed by atoms with Gasteiger partial charge in [0.15, 0.2) is 0 Å². The maximum absolute atomic E-state index is 4.58. The summed E-state index contributed by atoms with van der Waals surface area (Å²) in [4.78, 5) is 2.57. The van der Waals surface area contributed by atoms with E-state index in [1.54, 1.807) is 0 Å². The third kappa shape index (κ3) is 3.22. The lowest BCUT2D eigenvalue weighted by atomic mass is 9.80. The van der Waals surface area contributed by atoms with Gasteiger partial charge in [-0.15, -0.1) is 0 Å². The van der Waals surface area contributed by atoms with Crippen molar-refractivity contribution in [3.05, 3.63) is 15.9 Å². The molecule has 1 atom stereocenters. The number of aryl methyl sites for hydroxylation is 2. The second-order valence-electron chi connectivity index (χ2n) is 6.77. The van der Waals surface area contributed by atoms with E-state index in [0.29, 0.717) is 5.41 Å². The lowest BCUT2D eigenvalue weighted by Gasteiger charge is -2.27. The zero-order valence-corrected chi connectivity index (χ0v) is 14.4. The molecule has 108 valence electrons. The van der Waals surface area contributed by atoms with E-state index in [1.165, 1.54) is 35.4 Å². The minimum Gasteiger partial charge on any atom is -0.297 e. The fraction of sp³-hybridized carbons (Fsp3) is 0.800. The van der Waals surface area contributed by atoms with Crippen molar-refractivity contribution in [1.82, 2.24) is 14.7 Å². The Morgan fingerprint density at radius 3 is 2.53 bits per heavy atom. The van der Waals surface area contributed by atoms with Gasteiger partial charge in [0.2, 0.25) is 0 Å². The first kappa shape index (κ1) is 15.0. The Hall–Kier alpha value is -0.350. The fourth-order valence-corrected chi connectivity index (χ4v) is 3.63. The summed E-state index contributed by atoms with van der Waals surface area (Å²) < 4.78 is 3.24. The SMILES string of the molecule is CCc1nn(C)c(CN2CCC(C(C)(C)C)C2)c1Br. The largest absolute Gasteiger partial charge is 0.297 e. The zero-order valence-electron chi connectivity index (χ0n) is 12.8. The first-order valence-corrected chi connectivity index (χ1v) is 8.04. The lowest BCUT2D eigenvalue weighted by Crippen LogP contribution is -2.26. The van der Waals surface area contributed by atoms with Crippen LogP contribution in [0.1, 0.15) is 45.5 Å². The second kappa shape index (κ2) is 5.57. The summed E-state index contributed by atoms with van der Waals surface area (Å²) in [7, 11) is 2.05. The average Bonchev–Trinajstić information content (AvgIpc) is 2.88. The van der Waals surface area contributed by atoms with Crippen LogP contribution < -0.4 is 0 Å². The third-order valence-corrected chi connectivity index (χ3v) is 5.29. The molecule has 0 N–H and O–H groups in total. The van der Waals surface area contributed by atoms with Gasteiger partial charge in [-0.25, -0.2) is 0 Å². The maximum atomic E-state index is 4.58. The molecule has 0 aromatic carbocycles. The second-order valence-corrected chi connectivity index (χ2v) is 7.56. The van der Waals surface area contributed by atoms with Crippen molar-refractivity contribution in [1.29, 1.82) is 0 Å². The third-order valence-electron chi connectivity index (χ3n) is 4.37. The summed E-state index contributed by atoms with van der Waals surface area (Å²) in [5.41, 5.74) is 2.91. The van der Waals surface area contributed by atoms with Crippen molar-refractivity contribution >= 4 is 15.9 Å². The van der Waals surface area contributed by atoms with Crippen molar-refractivity contribution < 1.29 is 0 Å². The van der Waals surface area contributed by atoms with Crippen LogP contribution in [-0.2, 0) is 20.0 Å². The van der Waals surface area contributed by atoms with Gasteiger partial charge in [-0.05, 0) is 46.6 Å². The Kier molecular flexibility index (Phi) is 4.41. The predicted molar refractivity (Wildman–Crippen MR) is 83.1 cm³/mol. The van der Waals surface area contributed by atoms with Gasteiger partial charge in [0.25, 0.3) is 0 Å². The highest BCUT2D eigenvalue weighted by atomic mass is 79.9. The molecule has 0 amide bonds. The van der Waals surface area contributed by atoms with Gasteiger partial charge in [-0.2, -0.15) is 5.10 Å². The smallest absolute Gasteiger partial charge is 0.0767 e. The van der Waals surface area contributed by atoms with E-state index in [9.17, 15) is 0 Å². The molecule has 1 aromatic rings. The van der Waals surface area contributed by atoms with E-state index >= 15 is 0 Å². The van der Waals surface area contributed by atoms with Crippen LogP contribution in [0.3, 0.4) is 0 Å². The van der Waals surface area contributed by atoms with E-state index < -0.39 is 0 Å². The predicted octanol–water partition coefficient (Wildman–Crippen LogP) is 3.61. The first-order valence-electron chi connectivity index (χ1n) is 7.25. The Labute approximate surface area is 125 Å². The topological polar surface area (TPSA) is 21.1 Å². The van der Waals surface area contributed by atoms with Crippen LogP contribution in [0, 0.1) is 11.3 Å². The monoisotopic (exact) mass is 327 g/mol. The van der Waals surface area contributed by atoms with Crippen LogP contribution >= 0.6 is 15.9 Å². The number of aromatic nitrogens is 2. The summed E-state index contributed by atoms with van der Waals surface area (Å²) in [6.45, 7) is 12.7. The number of hydrogen-bond donors (Lipinski definition) is 0. The molecule has 0 aliphatic carbocycles. The molecule has 0 radical (unpaired) electrons. The molecule has 1 unspecified atom stereocenters. The molecular weight excluding hydrogens is 302 g/mol. The number of halogens is 1. The number of rotatable bonds is 3. The van der Waals surface area contributed by atoms with Crippen molar-refractivity contribution in [2.75, 3.05) is 13.1 Å². The van der Waals surface area contributed by atoms with Gasteiger partial charge in [0, 0.05) is 20.1 Å². The summed E-state index contributed by atoms with van der Waals surface area (Å²) in [6, 6.07) is 0. The Morgan fingerprint density at radius 1 is 1.37 bits per heavy atom. The quantitative estimate of drug-likeness (QED) is 0.845. The fourth-order valence-electron chi connectivity index (χ4n) is 2.89. The van der Waals surface area contributed by atoms with Gasteiger partial charge >= 0.3 is 0 Å². The molecule has 1 aliphatic heterocycles. The lowest BCUT2D eigenvalue weighted by molar-refractivity contribution is 0.224. The summed E-state index contributed by atoms with van der Waals surface area (Å²) in [5, 5.41) is 4.58. The zero-order chi connectivity index (χ0) is 14.2. The Bertz CT molecular complexity index is 445. The highest BCUT2D eigenvalue weighted by Gasteiger charge is 2.32. The van der Waals surface area contributed by atoms with Crippen LogP contribution in [0.25, 0.3) is 0 Å². The molecule has 3 nitrogen and oxygen atoms in total. The standard InChI is InChI=1S/C15H26BrN3/c1-6-12-14(16)13(18(5)17-12)10-19-8-7-11(9-19)15(2,3)4/h11H,6-10H2,1-5H3. The number of hydrogen-bond acceptors (Lipinski definition) is 2. The van der Waals surface area contributed by atoms with E-state index in [4.69, 9.17) is 0 Å². The van der Waals surface area contributed by atoms with Crippen LogP contribution in [0.5, 0.6) is 0 Å². The van der Waals surface area contributed by atoms with Gasteiger partial charge in [0.05, 0.1) is 15.9 Å². The molecule has 1 fully saturated rings. The average molecular weight is 328 g/mol. The molecular formula is C15H26BrN3. The summed E-state index contributed by atoms with van der Waals surface area (Å²) in [6.07, 6.45) is 2.30. The van der Waals surface area contributed by atoms with Crippen LogP contribution in [0.2, 0.25) is 0 Å². The van der Waals surface area contributed by atoms with Gasteiger partial charge in [-0.1, -0.05) is 27.7 Å².